The summed E-state index contributed by atoms with van der Waals surface area (Å²) in [6.45, 7) is 5.00. The van der Waals surface area contributed by atoms with Crippen LogP contribution in [0, 0.1) is 27.3 Å². The van der Waals surface area contributed by atoms with E-state index in [1.807, 2.05) is 0 Å². The van der Waals surface area contributed by atoms with Crippen molar-refractivity contribution in [3.8, 4) is 0 Å². The van der Waals surface area contributed by atoms with Gasteiger partial charge in [0.25, 0.3) is 5.69 Å². The minimum Gasteiger partial charge on any atom is -0.379 e. The summed E-state index contributed by atoms with van der Waals surface area (Å²) in [4.78, 5) is 10.4. The number of halogens is 2. The second kappa shape index (κ2) is 5.07. The Kier molecular flexibility index (Phi) is 3.80. The van der Waals surface area contributed by atoms with Crippen molar-refractivity contribution in [3.63, 3.8) is 0 Å². The summed E-state index contributed by atoms with van der Waals surface area (Å²) >= 11 is 3.06. The highest BCUT2D eigenvalue weighted by atomic mass is 79.9. The number of nitro benzene ring substituents is 1. The molecule has 0 aromatic heterocycles. The minimum atomic E-state index is -0.623. The van der Waals surface area contributed by atoms with E-state index < -0.39 is 10.7 Å². The molecule has 0 aliphatic heterocycles. The van der Waals surface area contributed by atoms with E-state index in [-0.39, 0.29) is 15.6 Å². The van der Waals surface area contributed by atoms with E-state index in [0.717, 1.165) is 18.9 Å². The summed E-state index contributed by atoms with van der Waals surface area (Å²) in [5.74, 6) is -0.0924. The van der Waals surface area contributed by atoms with Crippen LogP contribution in [0.5, 0.6) is 0 Å². The molecular formula is C13H16BrFN2O2. The van der Waals surface area contributed by atoms with E-state index in [2.05, 4.69) is 35.1 Å². The number of nitrogens with one attached hydrogen (secondary N) is 1. The first-order chi connectivity index (χ1) is 8.85. The number of rotatable bonds is 5. The van der Waals surface area contributed by atoms with Gasteiger partial charge in [-0.05, 0) is 46.2 Å². The van der Waals surface area contributed by atoms with E-state index in [1.54, 1.807) is 0 Å². The Morgan fingerprint density at radius 1 is 1.53 bits per heavy atom. The molecule has 0 atom stereocenters. The molecule has 1 aliphatic rings. The summed E-state index contributed by atoms with van der Waals surface area (Å²) < 4.78 is 13.6. The molecule has 104 valence electrons. The van der Waals surface area contributed by atoms with Gasteiger partial charge in [0.1, 0.15) is 11.5 Å². The molecule has 0 spiro atoms. The number of hydrogen-bond donors (Lipinski definition) is 1. The van der Waals surface area contributed by atoms with Gasteiger partial charge in [-0.2, -0.15) is 0 Å². The van der Waals surface area contributed by atoms with E-state index >= 15 is 0 Å². The van der Waals surface area contributed by atoms with Crippen molar-refractivity contribution in [1.29, 1.82) is 0 Å². The smallest absolute Gasteiger partial charge is 0.295 e. The Bertz CT molecular complexity index is 516. The number of anilines is 1. The zero-order chi connectivity index (χ0) is 14.2. The van der Waals surface area contributed by atoms with Crippen LogP contribution >= 0.6 is 15.9 Å². The average Bonchev–Trinajstić information content (AvgIpc) is 3.11. The molecule has 0 bridgehead atoms. The second-order valence-electron chi connectivity index (χ2n) is 5.41. The molecule has 0 unspecified atom stereocenters. The van der Waals surface area contributed by atoms with Gasteiger partial charge in [0.2, 0.25) is 0 Å². The molecule has 19 heavy (non-hydrogen) atoms. The Labute approximate surface area is 119 Å². The molecule has 1 aromatic carbocycles. The first kappa shape index (κ1) is 14.2. The highest BCUT2D eigenvalue weighted by Crippen LogP contribution is 2.52. The quantitative estimate of drug-likeness (QED) is 0.645. The summed E-state index contributed by atoms with van der Waals surface area (Å²) in [5, 5.41) is 14.1. The predicted octanol–water partition coefficient (Wildman–Crippen LogP) is 4.34. The van der Waals surface area contributed by atoms with Crippen molar-refractivity contribution >= 4 is 27.3 Å². The maximum atomic E-state index is 13.4. The van der Waals surface area contributed by atoms with Gasteiger partial charge in [0.15, 0.2) is 0 Å². The van der Waals surface area contributed by atoms with Gasteiger partial charge in [-0.15, -0.1) is 0 Å². The minimum absolute atomic E-state index is 0.222. The highest BCUT2D eigenvalue weighted by Gasteiger charge is 2.45. The predicted molar refractivity (Wildman–Crippen MR) is 75.7 cm³/mol. The van der Waals surface area contributed by atoms with E-state index in [0.29, 0.717) is 18.2 Å². The number of nitrogens with zero attached hydrogens (tertiary/aromatic N) is 1. The molecule has 6 heteroatoms. The average molecular weight is 331 g/mol. The number of hydrogen-bond acceptors (Lipinski definition) is 3. The van der Waals surface area contributed by atoms with Crippen LogP contribution in [0.3, 0.4) is 0 Å². The van der Waals surface area contributed by atoms with Crippen LogP contribution in [-0.4, -0.2) is 11.5 Å². The molecule has 1 aromatic rings. The zero-order valence-electron chi connectivity index (χ0n) is 10.9. The second-order valence-corrected chi connectivity index (χ2v) is 6.27. The van der Waals surface area contributed by atoms with Gasteiger partial charge < -0.3 is 5.32 Å². The molecule has 4 nitrogen and oxygen atoms in total. The highest BCUT2D eigenvalue weighted by molar-refractivity contribution is 9.10. The first-order valence-electron chi connectivity index (χ1n) is 6.23. The third-order valence-corrected chi connectivity index (χ3v) is 4.59. The Morgan fingerprint density at radius 3 is 2.63 bits per heavy atom. The molecule has 0 radical (unpaired) electrons. The van der Waals surface area contributed by atoms with E-state index in [4.69, 9.17) is 0 Å². The molecular weight excluding hydrogens is 315 g/mol. The van der Waals surface area contributed by atoms with Crippen molar-refractivity contribution < 1.29 is 9.31 Å². The van der Waals surface area contributed by atoms with Crippen LogP contribution in [0.1, 0.15) is 26.7 Å². The summed E-state index contributed by atoms with van der Waals surface area (Å²) in [6, 6.07) is 2.38. The maximum Gasteiger partial charge on any atom is 0.295 e. The van der Waals surface area contributed by atoms with Crippen LogP contribution in [0.2, 0.25) is 0 Å². The van der Waals surface area contributed by atoms with Crippen molar-refractivity contribution in [3.05, 3.63) is 32.5 Å². The number of benzene rings is 1. The lowest BCUT2D eigenvalue weighted by atomic mass is 9.92. The third-order valence-electron chi connectivity index (χ3n) is 3.98. The van der Waals surface area contributed by atoms with Crippen molar-refractivity contribution in [2.24, 2.45) is 11.3 Å². The van der Waals surface area contributed by atoms with Crippen LogP contribution in [0.15, 0.2) is 16.6 Å². The summed E-state index contributed by atoms with van der Waals surface area (Å²) in [6.07, 6.45) is 2.27. The maximum absolute atomic E-state index is 13.4. The van der Waals surface area contributed by atoms with Crippen LogP contribution in [-0.2, 0) is 0 Å². The molecule has 2 rings (SSSR count). The molecule has 0 amide bonds. The van der Waals surface area contributed by atoms with Crippen LogP contribution < -0.4 is 5.32 Å². The zero-order valence-corrected chi connectivity index (χ0v) is 12.5. The van der Waals surface area contributed by atoms with Gasteiger partial charge in [-0.25, -0.2) is 4.39 Å². The Morgan fingerprint density at radius 2 is 2.16 bits per heavy atom. The summed E-state index contributed by atoms with van der Waals surface area (Å²) in [5.41, 5.74) is 0.375. The summed E-state index contributed by atoms with van der Waals surface area (Å²) in [7, 11) is 0. The largest absolute Gasteiger partial charge is 0.379 e. The van der Waals surface area contributed by atoms with Gasteiger partial charge in [-0.3, -0.25) is 10.1 Å². The van der Waals surface area contributed by atoms with Crippen LogP contribution in [0.25, 0.3) is 0 Å². The topological polar surface area (TPSA) is 55.2 Å². The van der Waals surface area contributed by atoms with Gasteiger partial charge in [0.05, 0.1) is 15.5 Å². The van der Waals surface area contributed by atoms with Crippen LogP contribution in [0.4, 0.5) is 15.8 Å². The standard InChI is InChI=1S/C13H16BrFN2O2/c1-8(2)13(3-4-13)7-16-11-5-9(14)10(15)6-12(11)17(18)19/h5-6,8,16H,3-4,7H2,1-2H3. The molecule has 1 fully saturated rings. The van der Waals surface area contributed by atoms with Gasteiger partial charge in [-0.1, -0.05) is 13.8 Å². The fourth-order valence-corrected chi connectivity index (χ4v) is 2.56. The SMILES string of the molecule is CC(C)C1(CNc2cc(Br)c(F)cc2[N+](=O)[O-])CC1. The first-order valence-corrected chi connectivity index (χ1v) is 7.02. The van der Waals surface area contributed by atoms with Crippen molar-refractivity contribution in [1.82, 2.24) is 0 Å². The Balaban J connectivity index is 2.20. The molecule has 1 N–H and O–H groups in total. The normalized spacial score (nSPS) is 16.5. The van der Waals surface area contributed by atoms with Crippen molar-refractivity contribution in [2.45, 2.75) is 26.7 Å². The third kappa shape index (κ3) is 2.88. The molecule has 1 saturated carbocycles. The van der Waals surface area contributed by atoms with Gasteiger partial charge >= 0.3 is 0 Å². The van der Waals surface area contributed by atoms with E-state index in [9.17, 15) is 14.5 Å². The Hall–Kier alpha value is -1.17. The fourth-order valence-electron chi connectivity index (χ4n) is 2.22. The van der Waals surface area contributed by atoms with E-state index in [1.165, 1.54) is 6.07 Å². The lowest BCUT2D eigenvalue weighted by molar-refractivity contribution is -0.384. The molecule has 0 saturated heterocycles. The lowest BCUT2D eigenvalue weighted by Crippen LogP contribution is -2.21. The van der Waals surface area contributed by atoms with Crippen molar-refractivity contribution in [2.75, 3.05) is 11.9 Å². The lowest BCUT2D eigenvalue weighted by Gasteiger charge is -2.20. The molecule has 0 heterocycles. The molecule has 1 aliphatic carbocycles. The fraction of sp³-hybridized carbons (Fsp3) is 0.538. The number of nitro groups is 1. The monoisotopic (exact) mass is 330 g/mol. The van der Waals surface area contributed by atoms with Gasteiger partial charge in [0, 0.05) is 6.54 Å².